The smallest absolute Gasteiger partial charge is 0.236 e. The lowest BCUT2D eigenvalue weighted by molar-refractivity contribution is -0.122. The molecule has 1 amide bonds. The molecule has 1 atom stereocenters. The van der Waals surface area contributed by atoms with Gasteiger partial charge in [0.25, 0.3) is 0 Å². The topological polar surface area (TPSA) is 77.5 Å². The van der Waals surface area contributed by atoms with Crippen molar-refractivity contribution in [1.29, 1.82) is 0 Å². The summed E-state index contributed by atoms with van der Waals surface area (Å²) in [5.74, 6) is 0.729. The molecule has 1 heterocycles. The van der Waals surface area contributed by atoms with E-state index in [2.05, 4.69) is 5.32 Å². The Balaban J connectivity index is 1.96. The molecule has 0 radical (unpaired) electrons. The number of nitrogens with one attached hydrogen (secondary N) is 1. The van der Waals surface area contributed by atoms with Gasteiger partial charge in [-0.15, -0.1) is 0 Å². The minimum Gasteiger partial charge on any atom is -0.467 e. The average Bonchev–Trinajstić information content (AvgIpc) is 2.86. The zero-order valence-corrected chi connectivity index (χ0v) is 10.9. The number of hydrogen-bond acceptors (Lipinski definition) is 4. The Kier molecular flexibility index (Phi) is 7.13. The second kappa shape index (κ2) is 8.72. The van der Waals surface area contributed by atoms with Gasteiger partial charge in [0.2, 0.25) is 5.91 Å². The van der Waals surface area contributed by atoms with E-state index in [1.807, 2.05) is 19.1 Å². The predicted molar refractivity (Wildman–Crippen MR) is 68.9 cm³/mol. The zero-order chi connectivity index (χ0) is 13.2. The van der Waals surface area contributed by atoms with E-state index >= 15 is 0 Å². The third-order valence-corrected chi connectivity index (χ3v) is 2.53. The van der Waals surface area contributed by atoms with Crippen LogP contribution >= 0.6 is 0 Å². The van der Waals surface area contributed by atoms with Crippen LogP contribution in [0.5, 0.6) is 0 Å². The van der Waals surface area contributed by atoms with E-state index < -0.39 is 0 Å². The molecule has 5 nitrogen and oxygen atoms in total. The van der Waals surface area contributed by atoms with Crippen LogP contribution in [-0.2, 0) is 16.1 Å². The summed E-state index contributed by atoms with van der Waals surface area (Å²) in [5, 5.41) is 2.79. The minimum absolute atomic E-state index is 0.0807. The molecule has 102 valence electrons. The molecule has 0 aromatic carbocycles. The van der Waals surface area contributed by atoms with Crippen molar-refractivity contribution < 1.29 is 13.9 Å². The minimum atomic E-state index is -0.390. The van der Waals surface area contributed by atoms with Crippen LogP contribution in [0.15, 0.2) is 22.8 Å². The van der Waals surface area contributed by atoms with Crippen LogP contribution < -0.4 is 11.1 Å². The lowest BCUT2D eigenvalue weighted by Gasteiger charge is -2.10. The number of ether oxygens (including phenoxy) is 1. The SMILES string of the molecule is CCC[C@H](N)C(=O)NCCCOCc1ccco1. The molecule has 0 unspecified atom stereocenters. The molecule has 18 heavy (non-hydrogen) atoms. The van der Waals surface area contributed by atoms with E-state index in [9.17, 15) is 4.79 Å². The average molecular weight is 254 g/mol. The van der Waals surface area contributed by atoms with Crippen molar-refractivity contribution in [3.63, 3.8) is 0 Å². The standard InChI is InChI=1S/C13H22N2O3/c1-2-5-12(14)13(16)15-7-4-8-17-10-11-6-3-9-18-11/h3,6,9,12H,2,4-5,7-8,10,14H2,1H3,(H,15,16)/t12-/m0/s1. The molecule has 0 spiro atoms. The molecule has 0 aliphatic heterocycles. The molecule has 1 aromatic rings. The van der Waals surface area contributed by atoms with Crippen molar-refractivity contribution in [3.8, 4) is 0 Å². The van der Waals surface area contributed by atoms with Crippen molar-refractivity contribution in [2.24, 2.45) is 5.73 Å². The second-order valence-electron chi connectivity index (χ2n) is 4.17. The van der Waals surface area contributed by atoms with Gasteiger partial charge in [0, 0.05) is 13.2 Å². The number of carbonyl (C=O) groups is 1. The zero-order valence-electron chi connectivity index (χ0n) is 10.9. The number of furan rings is 1. The fourth-order valence-corrected chi connectivity index (χ4v) is 1.53. The summed E-state index contributed by atoms with van der Waals surface area (Å²) in [4.78, 5) is 11.5. The van der Waals surface area contributed by atoms with Gasteiger partial charge in [0.05, 0.1) is 12.3 Å². The molecule has 0 aliphatic rings. The summed E-state index contributed by atoms with van der Waals surface area (Å²) in [6.45, 7) is 3.66. The van der Waals surface area contributed by atoms with Gasteiger partial charge in [-0.3, -0.25) is 4.79 Å². The third-order valence-electron chi connectivity index (χ3n) is 2.53. The van der Waals surface area contributed by atoms with Crippen molar-refractivity contribution in [1.82, 2.24) is 5.32 Å². The Hall–Kier alpha value is -1.33. The summed E-state index contributed by atoms with van der Waals surface area (Å²) < 4.78 is 10.5. The maximum Gasteiger partial charge on any atom is 0.236 e. The highest BCUT2D eigenvalue weighted by molar-refractivity contribution is 5.81. The van der Waals surface area contributed by atoms with E-state index in [1.165, 1.54) is 0 Å². The van der Waals surface area contributed by atoms with Crippen LogP contribution in [0.1, 0.15) is 31.9 Å². The number of carbonyl (C=O) groups excluding carboxylic acids is 1. The van der Waals surface area contributed by atoms with Gasteiger partial charge in [-0.2, -0.15) is 0 Å². The Morgan fingerprint density at radius 2 is 2.44 bits per heavy atom. The van der Waals surface area contributed by atoms with Gasteiger partial charge in [0.1, 0.15) is 12.4 Å². The monoisotopic (exact) mass is 254 g/mol. The number of amides is 1. The molecule has 0 saturated heterocycles. The Morgan fingerprint density at radius 3 is 3.11 bits per heavy atom. The van der Waals surface area contributed by atoms with Crippen LogP contribution in [0.4, 0.5) is 0 Å². The predicted octanol–water partition coefficient (Wildman–Crippen LogP) is 1.43. The number of hydrogen-bond donors (Lipinski definition) is 2. The van der Waals surface area contributed by atoms with Crippen molar-refractivity contribution in [2.75, 3.05) is 13.2 Å². The van der Waals surface area contributed by atoms with E-state index in [0.717, 1.165) is 25.0 Å². The van der Waals surface area contributed by atoms with Gasteiger partial charge in [-0.25, -0.2) is 0 Å². The maximum absolute atomic E-state index is 11.5. The molecular weight excluding hydrogens is 232 g/mol. The molecular formula is C13H22N2O3. The van der Waals surface area contributed by atoms with Gasteiger partial charge < -0.3 is 20.2 Å². The molecule has 0 fully saturated rings. The Bertz CT molecular complexity index is 325. The first-order valence-electron chi connectivity index (χ1n) is 6.37. The van der Waals surface area contributed by atoms with E-state index in [4.69, 9.17) is 14.9 Å². The highest BCUT2D eigenvalue weighted by atomic mass is 16.5. The van der Waals surface area contributed by atoms with Crippen LogP contribution in [0.2, 0.25) is 0 Å². The summed E-state index contributed by atoms with van der Waals surface area (Å²) in [6.07, 6.45) is 4.03. The van der Waals surface area contributed by atoms with Crippen molar-refractivity contribution >= 4 is 5.91 Å². The fourth-order valence-electron chi connectivity index (χ4n) is 1.53. The quantitative estimate of drug-likeness (QED) is 0.653. The maximum atomic E-state index is 11.5. The summed E-state index contributed by atoms with van der Waals surface area (Å²) in [7, 11) is 0. The molecule has 5 heteroatoms. The van der Waals surface area contributed by atoms with Gasteiger partial charge in [-0.05, 0) is 25.0 Å². The first-order valence-corrected chi connectivity index (χ1v) is 6.37. The van der Waals surface area contributed by atoms with Crippen LogP contribution in [0, 0.1) is 0 Å². The van der Waals surface area contributed by atoms with Crippen molar-refractivity contribution in [2.45, 2.75) is 38.8 Å². The van der Waals surface area contributed by atoms with Crippen LogP contribution in [0.3, 0.4) is 0 Å². The van der Waals surface area contributed by atoms with Crippen molar-refractivity contribution in [3.05, 3.63) is 24.2 Å². The lowest BCUT2D eigenvalue weighted by Crippen LogP contribution is -2.40. The van der Waals surface area contributed by atoms with Gasteiger partial charge in [-0.1, -0.05) is 13.3 Å². The number of nitrogens with two attached hydrogens (primary N) is 1. The summed E-state index contributed by atoms with van der Waals surface area (Å²) in [6, 6.07) is 3.30. The molecule has 3 N–H and O–H groups in total. The van der Waals surface area contributed by atoms with E-state index in [0.29, 0.717) is 19.8 Å². The molecule has 1 aromatic heterocycles. The number of rotatable bonds is 9. The second-order valence-corrected chi connectivity index (χ2v) is 4.17. The van der Waals surface area contributed by atoms with Gasteiger partial charge in [0.15, 0.2) is 0 Å². The molecule has 0 aliphatic carbocycles. The van der Waals surface area contributed by atoms with E-state index in [1.54, 1.807) is 6.26 Å². The summed E-state index contributed by atoms with van der Waals surface area (Å²) >= 11 is 0. The first-order chi connectivity index (χ1) is 8.74. The van der Waals surface area contributed by atoms with Crippen LogP contribution in [-0.4, -0.2) is 25.1 Å². The fraction of sp³-hybridized carbons (Fsp3) is 0.615. The lowest BCUT2D eigenvalue weighted by atomic mass is 10.2. The Morgan fingerprint density at radius 1 is 1.61 bits per heavy atom. The third kappa shape index (κ3) is 5.84. The highest BCUT2D eigenvalue weighted by Gasteiger charge is 2.10. The molecule has 0 saturated carbocycles. The highest BCUT2D eigenvalue weighted by Crippen LogP contribution is 2.01. The largest absolute Gasteiger partial charge is 0.467 e. The molecule has 0 bridgehead atoms. The normalized spacial score (nSPS) is 12.3. The molecule has 1 rings (SSSR count). The Labute approximate surface area is 108 Å². The first kappa shape index (κ1) is 14.7. The van der Waals surface area contributed by atoms with E-state index in [-0.39, 0.29) is 11.9 Å². The van der Waals surface area contributed by atoms with Gasteiger partial charge >= 0.3 is 0 Å². The summed E-state index contributed by atoms with van der Waals surface area (Å²) in [5.41, 5.74) is 5.68. The van der Waals surface area contributed by atoms with Crippen LogP contribution in [0.25, 0.3) is 0 Å².